The standard InChI is InChI=1S/C13H15F3O.C13H15F3.C13H16F2O.C13H16F2.C13H17FO.C13H17F.2C12H15F.C10H11F3O/c1-8-3-6-11-10(7-8)5-4-9(2)12(11)17-13(14,15)16;1-8-3-6-11-10(7-8)5-4-9(2)12(11)13(14,15)16;1-8-3-6-11-10(7-8)5-4-9(2)12(11)16-13(14)15;1-8-3-6-11-10(7-8)5-4-9(2)12(11)13(14)15;1-9-3-6-12-11(7-9)5-4-10(2)13(12)15-8-14;1-9-3-6-12-11(7-9)5-4-10(2)13(12)8-14;1-8-3-6-11-10(7-8)5-4-9(2)12(11)13;1-8-3-4-10-5-9(2)7-12(13)11(10)6-8;1-6-4-5-7(2)9(8(6)3)14-10(11,12)13/h4-5,8H,3,6-7H2,1-2H3;4-5,8H,3,6-7H2,1-2H3;4-5,8,13H,3,6-7H2,1-2H3;4-5,8,13H,3,6-7H2,1-2H3;4-5,9H,3,6-8H2,1-2H3;4-5,9H,3,6-8H2,1-2H3;4-5,8H,3,6-7H2,1-2H3;5,7-8H,3-4,6H2,1-2H3;4-5H,1-3H3. The van der Waals surface area contributed by atoms with E-state index in [9.17, 15) is 74.6 Å². The van der Waals surface area contributed by atoms with Gasteiger partial charge in [-0.05, 0) is 439 Å². The summed E-state index contributed by atoms with van der Waals surface area (Å²) >= 11 is 0. The maximum absolute atomic E-state index is 13.6. The van der Waals surface area contributed by atoms with Crippen LogP contribution in [0.2, 0.25) is 0 Å². The molecule has 21 heteroatoms. The van der Waals surface area contributed by atoms with E-state index in [4.69, 9.17) is 4.74 Å². The molecule has 9 aromatic rings. The molecule has 0 heterocycles. The zero-order valence-electron chi connectivity index (χ0n) is 81.1. The van der Waals surface area contributed by atoms with E-state index >= 15 is 0 Å². The molecule has 0 bridgehead atoms. The van der Waals surface area contributed by atoms with E-state index in [1.54, 1.807) is 71.9 Å². The summed E-state index contributed by atoms with van der Waals surface area (Å²) < 4.78 is 232. The normalized spacial score (nSPS) is 19.5. The fourth-order valence-electron chi connectivity index (χ4n) is 20.0. The highest BCUT2D eigenvalue weighted by atomic mass is 19.4. The van der Waals surface area contributed by atoms with Gasteiger partial charge in [-0.3, -0.25) is 0 Å². The Morgan fingerprint density at radius 3 is 1.10 bits per heavy atom. The van der Waals surface area contributed by atoms with E-state index in [-0.39, 0.29) is 29.8 Å². The van der Waals surface area contributed by atoms with E-state index in [1.807, 2.05) is 83.1 Å². The van der Waals surface area contributed by atoms with E-state index in [2.05, 4.69) is 99.9 Å². The van der Waals surface area contributed by atoms with Gasteiger partial charge in [-0.2, -0.15) is 22.0 Å². The molecule has 133 heavy (non-hydrogen) atoms. The summed E-state index contributed by atoms with van der Waals surface area (Å²) in [5.41, 5.74) is 26.1. The zero-order valence-corrected chi connectivity index (χ0v) is 81.1. The molecule has 0 aliphatic heterocycles. The van der Waals surface area contributed by atoms with Gasteiger partial charge in [0, 0.05) is 5.56 Å². The number of hydrogen-bond donors (Lipinski definition) is 0. The molecule has 0 N–H and O–H groups in total. The topological polar surface area (TPSA) is 36.9 Å². The summed E-state index contributed by atoms with van der Waals surface area (Å²) in [6, 6.07) is 34.4. The lowest BCUT2D eigenvalue weighted by Gasteiger charge is -2.26. The van der Waals surface area contributed by atoms with Crippen LogP contribution < -0.4 is 18.9 Å². The Morgan fingerprint density at radius 2 is 0.647 bits per heavy atom. The third kappa shape index (κ3) is 30.2. The monoisotopic (exact) mass is 1870 g/mol. The zero-order chi connectivity index (χ0) is 98.0. The first-order valence-corrected chi connectivity index (χ1v) is 47.4. The Bertz CT molecular complexity index is 5370. The molecule has 0 aromatic heterocycles. The molecule has 0 fully saturated rings. The maximum atomic E-state index is 13.6. The van der Waals surface area contributed by atoms with Gasteiger partial charge in [-0.1, -0.05) is 159 Å². The molecule has 4 nitrogen and oxygen atoms in total. The molecule has 17 rings (SSSR count). The Kier molecular flexibility index (Phi) is 39.0. The van der Waals surface area contributed by atoms with Gasteiger partial charge in [0.15, 0.2) is 0 Å². The maximum Gasteiger partial charge on any atom is 0.573 e. The van der Waals surface area contributed by atoms with Crippen LogP contribution in [-0.4, -0.2) is 26.2 Å². The van der Waals surface area contributed by atoms with Crippen LogP contribution in [0.3, 0.4) is 0 Å². The third-order valence-corrected chi connectivity index (χ3v) is 27.7. The lowest BCUT2D eigenvalue weighted by atomic mass is 9.81. The summed E-state index contributed by atoms with van der Waals surface area (Å²) in [5.74, 6) is 6.29. The van der Waals surface area contributed by atoms with Gasteiger partial charge in [0.05, 0.1) is 5.56 Å². The Labute approximate surface area is 778 Å². The van der Waals surface area contributed by atoms with E-state index in [0.29, 0.717) is 81.6 Å². The molecule has 0 radical (unpaired) electrons. The second kappa shape index (κ2) is 48.1. The highest BCUT2D eigenvalue weighted by Gasteiger charge is 2.39. The highest BCUT2D eigenvalue weighted by molar-refractivity contribution is 5.52. The molecule has 0 amide bonds. The Balaban J connectivity index is 0.000000168. The number of fused-ring (bicyclic) bond motifs is 8. The van der Waals surface area contributed by atoms with E-state index < -0.39 is 44.4 Å². The quantitative estimate of drug-likeness (QED) is 0.142. The van der Waals surface area contributed by atoms with Gasteiger partial charge in [-0.15, -0.1) is 26.3 Å². The van der Waals surface area contributed by atoms with Crippen LogP contribution in [0, 0.1) is 135 Å². The summed E-state index contributed by atoms with van der Waals surface area (Å²) in [6.07, 6.45) is 7.51. The van der Waals surface area contributed by atoms with Crippen molar-refractivity contribution in [3.63, 3.8) is 0 Å². The van der Waals surface area contributed by atoms with Crippen molar-refractivity contribution in [3.05, 3.63) is 288 Å². The van der Waals surface area contributed by atoms with Gasteiger partial charge in [-0.25, -0.2) is 26.3 Å². The molecule has 0 spiro atoms. The van der Waals surface area contributed by atoms with Crippen LogP contribution in [0.15, 0.2) is 109 Å². The van der Waals surface area contributed by atoms with Gasteiger partial charge in [0.25, 0.3) is 6.43 Å². The van der Waals surface area contributed by atoms with Gasteiger partial charge < -0.3 is 18.9 Å². The average molecular weight is 1870 g/mol. The number of alkyl halides is 15. The summed E-state index contributed by atoms with van der Waals surface area (Å²) in [6.45, 7) is 33.3. The van der Waals surface area contributed by atoms with Crippen molar-refractivity contribution in [2.75, 3.05) is 6.86 Å². The number of benzene rings is 9. The van der Waals surface area contributed by atoms with Crippen molar-refractivity contribution >= 4 is 0 Å². The molecule has 728 valence electrons. The van der Waals surface area contributed by atoms with Crippen LogP contribution in [0.1, 0.15) is 280 Å². The lowest BCUT2D eigenvalue weighted by molar-refractivity contribution is -0.276. The molecule has 9 aromatic carbocycles. The minimum Gasteiger partial charge on any atom is -0.462 e. The molecule has 0 saturated heterocycles. The first-order chi connectivity index (χ1) is 62.5. The fourth-order valence-corrected chi connectivity index (χ4v) is 20.0. The van der Waals surface area contributed by atoms with Crippen molar-refractivity contribution in [2.24, 2.45) is 47.3 Å². The number of halogens is 17. The predicted octanol–water partition coefficient (Wildman–Crippen LogP) is 33.0. The number of hydrogen-bond acceptors (Lipinski definition) is 4. The molecule has 8 atom stereocenters. The summed E-state index contributed by atoms with van der Waals surface area (Å²) in [5, 5.41) is 0. The second-order valence-electron chi connectivity index (χ2n) is 39.2. The highest BCUT2D eigenvalue weighted by Crippen LogP contribution is 2.44. The van der Waals surface area contributed by atoms with Crippen molar-refractivity contribution < 1.29 is 93.6 Å². The number of aryl methyl sites for hydroxylation is 11. The van der Waals surface area contributed by atoms with Crippen molar-refractivity contribution in [3.8, 4) is 23.0 Å². The van der Waals surface area contributed by atoms with Crippen LogP contribution in [0.4, 0.5) is 74.6 Å². The van der Waals surface area contributed by atoms with Crippen molar-refractivity contribution in [2.45, 2.75) is 324 Å². The molecular weight excluding hydrogens is 1730 g/mol. The van der Waals surface area contributed by atoms with E-state index in [1.165, 1.54) is 58.2 Å². The van der Waals surface area contributed by atoms with Crippen molar-refractivity contribution in [1.29, 1.82) is 0 Å². The first kappa shape index (κ1) is 108. The number of ether oxygens (including phenoxy) is 4. The fraction of sp³-hybridized carbons (Fsp3) is 0.518. The van der Waals surface area contributed by atoms with E-state index in [0.717, 1.165) is 235 Å². The van der Waals surface area contributed by atoms with Gasteiger partial charge >= 0.3 is 25.5 Å². The molecular formula is C112H137F17O4. The van der Waals surface area contributed by atoms with Gasteiger partial charge in [0.2, 0.25) is 6.86 Å². The second-order valence-corrected chi connectivity index (χ2v) is 39.2. The largest absolute Gasteiger partial charge is 0.573 e. The minimum absolute atomic E-state index is 0.00144. The predicted molar refractivity (Wildman–Crippen MR) is 501 cm³/mol. The summed E-state index contributed by atoms with van der Waals surface area (Å²) in [7, 11) is 0. The summed E-state index contributed by atoms with van der Waals surface area (Å²) in [4.78, 5) is 0. The molecule has 8 unspecified atom stereocenters. The molecule has 0 saturated carbocycles. The molecule has 8 aliphatic carbocycles. The van der Waals surface area contributed by atoms with Crippen LogP contribution in [-0.2, 0) is 116 Å². The Morgan fingerprint density at radius 1 is 0.316 bits per heavy atom. The average Bonchev–Trinajstić information content (AvgIpc) is 0.760. The van der Waals surface area contributed by atoms with Crippen LogP contribution >= 0.6 is 0 Å². The lowest BCUT2D eigenvalue weighted by Crippen LogP contribution is -2.21. The number of rotatable bonds is 8. The molecule has 8 aliphatic rings. The van der Waals surface area contributed by atoms with Crippen molar-refractivity contribution in [1.82, 2.24) is 0 Å². The Hall–Kier alpha value is -9.01. The first-order valence-electron chi connectivity index (χ1n) is 47.4. The smallest absolute Gasteiger partial charge is 0.462 e. The third-order valence-electron chi connectivity index (χ3n) is 27.7. The van der Waals surface area contributed by atoms with Gasteiger partial charge in [0.1, 0.15) is 41.3 Å². The van der Waals surface area contributed by atoms with Crippen LogP contribution in [0.5, 0.6) is 23.0 Å². The van der Waals surface area contributed by atoms with Crippen LogP contribution in [0.25, 0.3) is 0 Å². The SMILES string of the molecule is Cc1cc(F)c2c(c1)CCC(C)C2.Cc1ccc(C)c(OC(F)(F)F)c1C.Cc1ccc2c(c1C(F)(F)F)CCC(C)C2.Cc1ccc2c(c1C(F)F)CCC(C)C2.Cc1ccc2c(c1CF)CCC(C)C2.Cc1ccc2c(c1F)CCC(C)C2.Cc1ccc2c(c1OC(F)(F)F)CCC(C)C2.Cc1ccc2c(c1OC(F)F)CCC(C)C2.Cc1ccc2c(c1OCF)CCC(C)C2. The minimum atomic E-state index is -4.62.